The van der Waals surface area contributed by atoms with Crippen molar-refractivity contribution in [2.75, 3.05) is 5.32 Å². The van der Waals surface area contributed by atoms with Crippen molar-refractivity contribution in [3.8, 4) is 0 Å². The molecule has 0 radical (unpaired) electrons. The molecule has 0 spiro atoms. The van der Waals surface area contributed by atoms with E-state index in [1.807, 2.05) is 6.07 Å². The molecule has 110 valence electrons. The molecule has 21 heavy (non-hydrogen) atoms. The number of rotatable bonds is 3. The average Bonchev–Trinajstić information content (AvgIpc) is 2.81. The minimum Gasteiger partial charge on any atom is -0.357 e. The van der Waals surface area contributed by atoms with Crippen molar-refractivity contribution in [3.63, 3.8) is 0 Å². The fraction of sp³-hybridized carbons (Fsp3) is 0.188. The van der Waals surface area contributed by atoms with E-state index in [0.29, 0.717) is 12.1 Å². The van der Waals surface area contributed by atoms with Crippen LogP contribution >= 0.6 is 23.7 Å². The summed E-state index contributed by atoms with van der Waals surface area (Å²) in [7, 11) is 0. The number of hydrogen-bond donors (Lipinski definition) is 1. The molecule has 1 N–H and O–H groups in total. The van der Waals surface area contributed by atoms with E-state index >= 15 is 0 Å². The number of halogens is 2. The van der Waals surface area contributed by atoms with Crippen LogP contribution in [0.15, 0.2) is 36.4 Å². The van der Waals surface area contributed by atoms with Crippen LogP contribution in [0.3, 0.4) is 0 Å². The van der Waals surface area contributed by atoms with E-state index < -0.39 is 0 Å². The number of nitrogens with zero attached hydrogens (tertiary/aromatic N) is 1. The molecule has 0 aliphatic heterocycles. The van der Waals surface area contributed by atoms with E-state index in [9.17, 15) is 4.39 Å². The lowest BCUT2D eigenvalue weighted by atomic mass is 10.1. The van der Waals surface area contributed by atoms with Gasteiger partial charge < -0.3 is 5.32 Å². The van der Waals surface area contributed by atoms with Crippen LogP contribution in [0.1, 0.15) is 16.7 Å². The van der Waals surface area contributed by atoms with Gasteiger partial charge in [-0.1, -0.05) is 35.6 Å². The monoisotopic (exact) mass is 322 g/mol. The Bertz CT molecular complexity index is 770. The molecule has 0 unspecified atom stereocenters. The van der Waals surface area contributed by atoms with Crippen LogP contribution in [0.2, 0.25) is 0 Å². The summed E-state index contributed by atoms with van der Waals surface area (Å²) in [4.78, 5) is 4.58. The second-order valence-electron chi connectivity index (χ2n) is 4.89. The fourth-order valence-corrected chi connectivity index (χ4v) is 3.30. The highest BCUT2D eigenvalue weighted by molar-refractivity contribution is 7.22. The molecule has 1 aromatic heterocycles. The van der Waals surface area contributed by atoms with Crippen molar-refractivity contribution >= 4 is 39.1 Å². The van der Waals surface area contributed by atoms with Gasteiger partial charge in [0.2, 0.25) is 0 Å². The highest BCUT2D eigenvalue weighted by Crippen LogP contribution is 2.29. The van der Waals surface area contributed by atoms with Crippen LogP contribution in [0.25, 0.3) is 10.2 Å². The second kappa shape index (κ2) is 6.41. The zero-order valence-corrected chi connectivity index (χ0v) is 13.4. The smallest absolute Gasteiger partial charge is 0.184 e. The third-order valence-corrected chi connectivity index (χ3v) is 4.18. The number of anilines is 1. The summed E-state index contributed by atoms with van der Waals surface area (Å²) in [5, 5.41) is 4.04. The maximum atomic E-state index is 13.6. The van der Waals surface area contributed by atoms with Crippen LogP contribution in [-0.4, -0.2) is 4.98 Å². The molecule has 0 saturated carbocycles. The van der Waals surface area contributed by atoms with E-state index in [2.05, 4.69) is 36.3 Å². The Morgan fingerprint density at radius 3 is 2.71 bits per heavy atom. The number of benzene rings is 2. The first-order valence-corrected chi connectivity index (χ1v) is 7.30. The van der Waals surface area contributed by atoms with Crippen molar-refractivity contribution in [3.05, 3.63) is 58.9 Å². The third-order valence-electron chi connectivity index (χ3n) is 3.22. The van der Waals surface area contributed by atoms with Crippen LogP contribution in [0.4, 0.5) is 9.52 Å². The van der Waals surface area contributed by atoms with Crippen molar-refractivity contribution in [1.82, 2.24) is 4.98 Å². The van der Waals surface area contributed by atoms with Gasteiger partial charge in [-0.2, -0.15) is 0 Å². The molecule has 2 nitrogen and oxygen atoms in total. The molecule has 0 saturated heterocycles. The van der Waals surface area contributed by atoms with Gasteiger partial charge >= 0.3 is 0 Å². The zero-order chi connectivity index (χ0) is 14.1. The molecule has 3 aromatic rings. The summed E-state index contributed by atoms with van der Waals surface area (Å²) in [5.74, 6) is -0.187. The standard InChI is InChI=1S/C16H15FN2S.ClH/c1-10-7-11(2)15-14(8-10)20-16(19-15)18-9-12-5-3-4-6-13(12)17;/h3-8H,9H2,1-2H3,(H,18,19);1H. The lowest BCUT2D eigenvalue weighted by molar-refractivity contribution is 0.613. The molecule has 3 rings (SSSR count). The molecule has 0 fully saturated rings. The van der Waals surface area contributed by atoms with Gasteiger partial charge in [-0.3, -0.25) is 0 Å². The summed E-state index contributed by atoms with van der Waals surface area (Å²) in [5.41, 5.74) is 4.09. The van der Waals surface area contributed by atoms with Gasteiger partial charge in [0.1, 0.15) is 5.82 Å². The largest absolute Gasteiger partial charge is 0.357 e. The Balaban J connectivity index is 0.00000161. The molecule has 1 heterocycles. The molecule has 2 aromatic carbocycles. The van der Waals surface area contributed by atoms with Gasteiger partial charge in [0, 0.05) is 12.1 Å². The molecule has 5 heteroatoms. The van der Waals surface area contributed by atoms with E-state index in [-0.39, 0.29) is 18.2 Å². The van der Waals surface area contributed by atoms with Crippen molar-refractivity contribution < 1.29 is 4.39 Å². The van der Waals surface area contributed by atoms with Crippen LogP contribution in [0.5, 0.6) is 0 Å². The summed E-state index contributed by atoms with van der Waals surface area (Å²) in [6, 6.07) is 11.1. The lowest BCUT2D eigenvalue weighted by Gasteiger charge is -2.03. The van der Waals surface area contributed by atoms with Crippen molar-refractivity contribution in [2.24, 2.45) is 0 Å². The first-order valence-electron chi connectivity index (χ1n) is 6.48. The SMILES string of the molecule is Cc1cc(C)c2nc(NCc3ccccc3F)sc2c1.Cl. The summed E-state index contributed by atoms with van der Waals surface area (Å²) in [6.07, 6.45) is 0. The molecule has 0 aliphatic carbocycles. The predicted octanol–water partition coefficient (Wildman–Crippen LogP) is 5.09. The molecular formula is C16H16ClFN2S. The van der Waals surface area contributed by atoms with Crippen LogP contribution in [0, 0.1) is 19.7 Å². The number of nitrogens with one attached hydrogen (secondary N) is 1. The van der Waals surface area contributed by atoms with Gasteiger partial charge in [0.05, 0.1) is 10.2 Å². The van der Waals surface area contributed by atoms with Crippen molar-refractivity contribution in [1.29, 1.82) is 0 Å². The average molecular weight is 323 g/mol. The van der Waals surface area contributed by atoms with Crippen LogP contribution < -0.4 is 5.32 Å². The number of aryl methyl sites for hydroxylation is 2. The Kier molecular flexibility index (Phi) is 4.80. The normalized spacial score (nSPS) is 10.4. The second-order valence-corrected chi connectivity index (χ2v) is 5.92. The van der Waals surface area contributed by atoms with E-state index in [1.54, 1.807) is 23.5 Å². The number of hydrogen-bond acceptors (Lipinski definition) is 3. The van der Waals surface area contributed by atoms with Gasteiger partial charge in [-0.05, 0) is 37.1 Å². The Hall–Kier alpha value is -1.65. The third kappa shape index (κ3) is 3.34. The summed E-state index contributed by atoms with van der Waals surface area (Å²) >= 11 is 1.61. The molecule has 0 amide bonds. The van der Waals surface area contributed by atoms with E-state index in [0.717, 1.165) is 10.6 Å². The van der Waals surface area contributed by atoms with Crippen LogP contribution in [-0.2, 0) is 6.54 Å². The molecular weight excluding hydrogens is 307 g/mol. The predicted molar refractivity (Wildman–Crippen MR) is 90.1 cm³/mol. The number of aromatic nitrogens is 1. The van der Waals surface area contributed by atoms with E-state index in [1.165, 1.54) is 21.9 Å². The molecule has 0 aliphatic rings. The Labute approximate surface area is 133 Å². The molecule has 0 bridgehead atoms. The first kappa shape index (κ1) is 15.7. The zero-order valence-electron chi connectivity index (χ0n) is 11.8. The minimum atomic E-state index is -0.187. The highest BCUT2D eigenvalue weighted by atomic mass is 35.5. The summed E-state index contributed by atoms with van der Waals surface area (Å²) < 4.78 is 14.7. The van der Waals surface area contributed by atoms with Crippen molar-refractivity contribution in [2.45, 2.75) is 20.4 Å². The Morgan fingerprint density at radius 2 is 1.95 bits per heavy atom. The topological polar surface area (TPSA) is 24.9 Å². The maximum Gasteiger partial charge on any atom is 0.184 e. The molecule has 0 atom stereocenters. The first-order chi connectivity index (χ1) is 9.63. The minimum absolute atomic E-state index is 0. The Morgan fingerprint density at radius 1 is 1.19 bits per heavy atom. The van der Waals surface area contributed by atoms with Gasteiger partial charge in [0.25, 0.3) is 0 Å². The number of fused-ring (bicyclic) bond motifs is 1. The van der Waals surface area contributed by atoms with Gasteiger partial charge in [0.15, 0.2) is 5.13 Å². The number of thiazole rings is 1. The highest BCUT2D eigenvalue weighted by Gasteiger charge is 2.07. The van der Waals surface area contributed by atoms with Gasteiger partial charge in [-0.25, -0.2) is 9.37 Å². The quantitative estimate of drug-likeness (QED) is 0.726. The van der Waals surface area contributed by atoms with E-state index in [4.69, 9.17) is 0 Å². The fourth-order valence-electron chi connectivity index (χ4n) is 2.26. The summed E-state index contributed by atoms with van der Waals surface area (Å²) in [6.45, 7) is 4.60. The van der Waals surface area contributed by atoms with Gasteiger partial charge in [-0.15, -0.1) is 12.4 Å². The maximum absolute atomic E-state index is 13.6. The lowest BCUT2D eigenvalue weighted by Crippen LogP contribution is -2.00.